The molecule has 0 heterocycles. The van der Waals surface area contributed by atoms with Crippen LogP contribution in [-0.2, 0) is 19.2 Å². The predicted octanol–water partition coefficient (Wildman–Crippen LogP) is -6.83. The second-order valence-corrected chi connectivity index (χ2v) is 2.54. The van der Waals surface area contributed by atoms with Gasteiger partial charge in [-0.25, -0.2) is 0 Å². The molecule has 0 atom stereocenters. The maximum atomic E-state index is 8.89. The van der Waals surface area contributed by atoms with E-state index < -0.39 is 23.9 Å². The van der Waals surface area contributed by atoms with E-state index in [-0.39, 0.29) is 75.5 Å². The van der Waals surface area contributed by atoms with E-state index in [2.05, 4.69) is 0 Å². The van der Waals surface area contributed by atoms with Gasteiger partial charge in [0.15, 0.2) is 0 Å². The summed E-state index contributed by atoms with van der Waals surface area (Å²) in [4.78, 5) is 35.6. The summed E-state index contributed by atoms with van der Waals surface area (Å²) in [6.07, 6.45) is 0. The van der Waals surface area contributed by atoms with Gasteiger partial charge in [0.2, 0.25) is 0 Å². The molecule has 0 unspecified atom stereocenters. The standard InChI is InChI=1S/C2H8N2.4C2H4O2.2Ca/c3-1-2-4;4*1-2(3)4;;/h1-4H2;4*1H3,(H,3,4);;/q;;;;;2*+2/p-4. The summed E-state index contributed by atoms with van der Waals surface area (Å²) in [6, 6.07) is 0. The van der Waals surface area contributed by atoms with E-state index in [1.165, 1.54) is 0 Å². The number of hydrogen-bond acceptors (Lipinski definition) is 10. The Morgan fingerprint density at radius 1 is 0.591 bits per heavy atom. The first-order valence-corrected chi connectivity index (χ1v) is 4.95. The van der Waals surface area contributed by atoms with Crippen molar-refractivity contribution in [1.29, 1.82) is 0 Å². The maximum absolute atomic E-state index is 8.89. The number of nitrogens with two attached hydrogens (primary N) is 2. The van der Waals surface area contributed by atoms with Crippen LogP contribution in [-0.4, -0.2) is 112 Å². The van der Waals surface area contributed by atoms with Crippen molar-refractivity contribution in [2.45, 2.75) is 27.7 Å². The van der Waals surface area contributed by atoms with Crippen molar-refractivity contribution >= 4 is 99.4 Å². The predicted molar refractivity (Wildman–Crippen MR) is 72.3 cm³/mol. The summed E-state index contributed by atoms with van der Waals surface area (Å²) < 4.78 is 0. The van der Waals surface area contributed by atoms with E-state index in [1.807, 2.05) is 0 Å². The number of hydrogen-bond donors (Lipinski definition) is 2. The third kappa shape index (κ3) is 4360. The molecule has 0 aromatic heterocycles. The minimum absolute atomic E-state index is 0. The number of aliphatic carboxylic acids is 4. The maximum Gasteiger partial charge on any atom is 2.00 e. The van der Waals surface area contributed by atoms with Gasteiger partial charge >= 0.3 is 75.5 Å². The fourth-order valence-corrected chi connectivity index (χ4v) is 0. The molecule has 22 heavy (non-hydrogen) atoms. The fraction of sp³-hybridized carbons (Fsp3) is 0.600. The minimum atomic E-state index is -1.08. The van der Waals surface area contributed by atoms with Crippen molar-refractivity contribution in [2.75, 3.05) is 13.1 Å². The average molecular weight is 376 g/mol. The van der Waals surface area contributed by atoms with Crippen LogP contribution >= 0.6 is 0 Å². The zero-order valence-electron chi connectivity index (χ0n) is 13.2. The smallest absolute Gasteiger partial charge is 0.550 e. The second-order valence-electron chi connectivity index (χ2n) is 2.54. The van der Waals surface area contributed by atoms with Crippen molar-refractivity contribution in [3.63, 3.8) is 0 Å². The molecule has 0 aliphatic rings. The summed E-state index contributed by atoms with van der Waals surface area (Å²) in [6.45, 7) is 5.08. The molecule has 0 radical (unpaired) electrons. The van der Waals surface area contributed by atoms with Crippen molar-refractivity contribution in [1.82, 2.24) is 0 Å². The Morgan fingerprint density at radius 3 is 0.636 bits per heavy atom. The van der Waals surface area contributed by atoms with Gasteiger partial charge in [0.05, 0.1) is 0 Å². The molecule has 0 aromatic rings. The van der Waals surface area contributed by atoms with E-state index in [0.717, 1.165) is 27.7 Å². The summed E-state index contributed by atoms with van der Waals surface area (Å²) >= 11 is 0. The van der Waals surface area contributed by atoms with Gasteiger partial charge in [-0.3, -0.25) is 0 Å². The summed E-state index contributed by atoms with van der Waals surface area (Å²) in [5.41, 5.74) is 9.81. The molecule has 0 spiro atoms. The van der Waals surface area contributed by atoms with Gasteiger partial charge in [-0.05, 0) is 27.7 Å². The molecule has 0 saturated carbocycles. The van der Waals surface area contributed by atoms with Crippen molar-refractivity contribution in [3.8, 4) is 0 Å². The second kappa shape index (κ2) is 42.9. The third-order valence-corrected chi connectivity index (χ3v) is 0.167. The van der Waals surface area contributed by atoms with E-state index in [4.69, 9.17) is 51.1 Å². The van der Waals surface area contributed by atoms with E-state index >= 15 is 0 Å². The largest absolute Gasteiger partial charge is 2.00 e. The van der Waals surface area contributed by atoms with Gasteiger partial charge < -0.3 is 51.1 Å². The van der Waals surface area contributed by atoms with Crippen LogP contribution in [0.4, 0.5) is 0 Å². The Bertz CT molecular complexity index is 199. The van der Waals surface area contributed by atoms with Gasteiger partial charge in [0, 0.05) is 37.0 Å². The van der Waals surface area contributed by atoms with Crippen LogP contribution in [0.1, 0.15) is 27.7 Å². The monoisotopic (exact) mass is 376 g/mol. The molecule has 0 fully saturated rings. The summed E-state index contributed by atoms with van der Waals surface area (Å²) in [7, 11) is 0. The molecule has 0 aromatic carbocycles. The van der Waals surface area contributed by atoms with E-state index in [1.54, 1.807) is 0 Å². The van der Waals surface area contributed by atoms with Crippen LogP contribution in [0.5, 0.6) is 0 Å². The zero-order chi connectivity index (χ0) is 17.7. The van der Waals surface area contributed by atoms with Gasteiger partial charge in [-0.15, -0.1) is 0 Å². The number of carboxylic acids is 4. The number of carbonyl (C=O) groups is 4. The van der Waals surface area contributed by atoms with Crippen LogP contribution in [0.25, 0.3) is 0 Å². The van der Waals surface area contributed by atoms with Crippen LogP contribution in [0, 0.1) is 0 Å². The molecule has 0 saturated heterocycles. The number of carbonyl (C=O) groups excluding carboxylic acids is 4. The minimum Gasteiger partial charge on any atom is -0.550 e. The van der Waals surface area contributed by atoms with Crippen molar-refractivity contribution < 1.29 is 39.6 Å². The first-order valence-electron chi connectivity index (χ1n) is 4.95. The molecule has 4 N–H and O–H groups in total. The molecule has 0 amide bonds. The number of rotatable bonds is 1. The van der Waals surface area contributed by atoms with Crippen molar-refractivity contribution in [2.24, 2.45) is 11.5 Å². The Balaban J connectivity index is -0.0000000250. The van der Waals surface area contributed by atoms with Gasteiger partial charge in [-0.2, -0.15) is 0 Å². The fourth-order valence-electron chi connectivity index (χ4n) is 0. The molecule has 0 bridgehead atoms. The van der Waals surface area contributed by atoms with E-state index in [0.29, 0.717) is 13.1 Å². The van der Waals surface area contributed by atoms with E-state index in [9.17, 15) is 0 Å². The molecule has 0 aliphatic carbocycles. The molecule has 0 aliphatic heterocycles. The van der Waals surface area contributed by atoms with Crippen LogP contribution in [0.3, 0.4) is 0 Å². The normalized spacial score (nSPS) is 5.91. The molecule has 122 valence electrons. The Labute approximate surface area is 189 Å². The first-order chi connectivity index (χ1) is 8.84. The Kier molecular flexibility index (Phi) is 84.3. The summed E-state index contributed by atoms with van der Waals surface area (Å²) in [5, 5.41) is 35.6. The van der Waals surface area contributed by atoms with Gasteiger partial charge in [-0.1, -0.05) is 0 Å². The molecule has 0 rings (SSSR count). The van der Waals surface area contributed by atoms with Crippen LogP contribution < -0.4 is 31.9 Å². The average Bonchev–Trinajstić information content (AvgIpc) is 2.13. The Hall–Kier alpha value is 0.319. The van der Waals surface area contributed by atoms with Gasteiger partial charge in [0.1, 0.15) is 0 Å². The van der Waals surface area contributed by atoms with Crippen LogP contribution in [0.15, 0.2) is 0 Å². The van der Waals surface area contributed by atoms with Gasteiger partial charge in [0.25, 0.3) is 0 Å². The zero-order valence-corrected chi connectivity index (χ0v) is 17.7. The molecular weight excluding hydrogens is 356 g/mol. The first kappa shape index (κ1) is 43.2. The molecule has 10 nitrogen and oxygen atoms in total. The quantitative estimate of drug-likeness (QED) is 0.412. The SMILES string of the molecule is CC(=O)[O-].CC(=O)[O-].CC(=O)[O-].CC(=O)[O-].NCCN.[Ca+2].[Ca+2]. The Morgan fingerprint density at radius 2 is 0.636 bits per heavy atom. The number of carboxylic acid groups (broad SMARTS) is 4. The topological polar surface area (TPSA) is 213 Å². The van der Waals surface area contributed by atoms with Crippen LogP contribution in [0.2, 0.25) is 0 Å². The molecule has 12 heteroatoms. The third-order valence-electron chi connectivity index (χ3n) is 0.167. The molecular formula is C10H20Ca2N2O8. The van der Waals surface area contributed by atoms with Crippen molar-refractivity contribution in [3.05, 3.63) is 0 Å². The summed E-state index contributed by atoms with van der Waals surface area (Å²) in [5.74, 6) is -4.33.